The predicted molar refractivity (Wildman–Crippen MR) is 99.0 cm³/mol. The largest absolute Gasteiger partial charge is 0.329 e. The van der Waals surface area contributed by atoms with E-state index in [1.807, 2.05) is 38.6 Å². The van der Waals surface area contributed by atoms with Gasteiger partial charge in [-0.3, -0.25) is 4.79 Å². The monoisotopic (exact) mass is 343 g/mol. The summed E-state index contributed by atoms with van der Waals surface area (Å²) in [4.78, 5) is 14.4. The Labute approximate surface area is 152 Å². The van der Waals surface area contributed by atoms with Crippen LogP contribution >= 0.6 is 0 Å². The van der Waals surface area contributed by atoms with Gasteiger partial charge in [0.15, 0.2) is 11.0 Å². The number of aryl methyl sites for hydroxylation is 2. The number of nitrogens with zero attached hydrogens (tertiary/aromatic N) is 4. The number of carbonyl (C=O) groups excluding carboxylic acids is 1. The summed E-state index contributed by atoms with van der Waals surface area (Å²) in [6.45, 7) is 4.48. The molecule has 2 heterocycles. The van der Waals surface area contributed by atoms with Gasteiger partial charge in [-0.15, -0.1) is 0 Å². The third-order valence-electron chi connectivity index (χ3n) is 4.98. The molecule has 5 heteroatoms. The van der Waals surface area contributed by atoms with E-state index in [2.05, 4.69) is 40.0 Å². The van der Waals surface area contributed by atoms with Gasteiger partial charge in [0.25, 0.3) is 5.91 Å². The molecule has 5 nitrogen and oxygen atoms in total. The number of benzene rings is 2. The maximum absolute atomic E-state index is 12.7. The molecule has 1 amide bonds. The molecule has 0 radical (unpaired) electrons. The summed E-state index contributed by atoms with van der Waals surface area (Å²) in [5.41, 5.74) is 6.57. The number of aromatic nitrogens is 2. The van der Waals surface area contributed by atoms with Crippen molar-refractivity contribution in [2.75, 3.05) is 6.54 Å². The molecule has 3 aromatic rings. The maximum atomic E-state index is 12.7. The molecule has 0 fully saturated rings. The van der Waals surface area contributed by atoms with Crippen molar-refractivity contribution in [1.82, 2.24) is 9.47 Å². The topological polar surface area (TPSA) is 52.9 Å². The molecule has 1 aromatic heterocycles. The maximum Gasteiger partial charge on any atom is 0.254 e. The van der Waals surface area contributed by atoms with Crippen LogP contribution in [0.4, 0.5) is 0 Å². The lowest BCUT2D eigenvalue weighted by Crippen LogP contribution is -2.25. The van der Waals surface area contributed by atoms with Crippen LogP contribution in [-0.2, 0) is 20.6 Å². The fraction of sp³-hybridized carbons (Fsp3) is 0.190. The van der Waals surface area contributed by atoms with Gasteiger partial charge in [-0.1, -0.05) is 18.7 Å². The van der Waals surface area contributed by atoms with Crippen LogP contribution in [0.3, 0.4) is 0 Å². The number of amides is 1. The Morgan fingerprint density at radius 1 is 1.31 bits per heavy atom. The lowest BCUT2D eigenvalue weighted by atomic mass is 9.96. The summed E-state index contributed by atoms with van der Waals surface area (Å²) >= 11 is 0. The van der Waals surface area contributed by atoms with Crippen LogP contribution in [-0.4, -0.2) is 21.9 Å². The molecule has 0 N–H and O–H groups in total. The van der Waals surface area contributed by atoms with Gasteiger partial charge in [-0.2, -0.15) is 5.26 Å². The minimum absolute atomic E-state index is 0.0374. The molecule has 1 aliphatic rings. The summed E-state index contributed by atoms with van der Waals surface area (Å²) < 4.78 is 4.18. The van der Waals surface area contributed by atoms with Crippen LogP contribution in [0.25, 0.3) is 22.2 Å². The lowest BCUT2D eigenvalue weighted by molar-refractivity contribution is -0.645. The van der Waals surface area contributed by atoms with E-state index in [9.17, 15) is 4.79 Å². The van der Waals surface area contributed by atoms with Crippen LogP contribution in [0.5, 0.6) is 0 Å². The Hall–Kier alpha value is -3.39. The molecule has 2 aromatic carbocycles. The first kappa shape index (κ1) is 16.1. The van der Waals surface area contributed by atoms with Crippen molar-refractivity contribution < 1.29 is 9.36 Å². The van der Waals surface area contributed by atoms with Gasteiger partial charge in [0.2, 0.25) is 6.33 Å². The molecule has 0 atom stereocenters. The lowest BCUT2D eigenvalue weighted by Gasteiger charge is -2.14. The molecular weight excluding hydrogens is 324 g/mol. The smallest absolute Gasteiger partial charge is 0.254 e. The zero-order valence-electron chi connectivity index (χ0n) is 14.9. The summed E-state index contributed by atoms with van der Waals surface area (Å²) in [6, 6.07) is 14.2. The fourth-order valence-corrected chi connectivity index (χ4v) is 3.71. The Kier molecular flexibility index (Phi) is 3.62. The Balaban J connectivity index is 1.80. The molecule has 0 saturated heterocycles. The summed E-state index contributed by atoms with van der Waals surface area (Å²) in [6.07, 6.45) is 2.04. The van der Waals surface area contributed by atoms with Crippen LogP contribution in [0, 0.1) is 11.3 Å². The summed E-state index contributed by atoms with van der Waals surface area (Å²) in [5, 5.41) is 8.97. The highest BCUT2D eigenvalue weighted by Gasteiger charge is 2.30. The van der Waals surface area contributed by atoms with Gasteiger partial charge in [-0.05, 0) is 41.0 Å². The highest BCUT2D eigenvalue weighted by Crippen LogP contribution is 2.34. The second-order valence-electron chi connectivity index (χ2n) is 6.75. The molecule has 0 unspecified atom stereocenters. The minimum Gasteiger partial charge on any atom is -0.329 e. The summed E-state index contributed by atoms with van der Waals surface area (Å²) in [5.74, 6) is -0.0374. The average Bonchev–Trinajstić information content (AvgIpc) is 3.11. The number of nitriles is 1. The first-order chi connectivity index (χ1) is 12.5. The third kappa shape index (κ3) is 2.39. The fourth-order valence-electron chi connectivity index (χ4n) is 3.71. The number of carbonyl (C=O) groups is 1. The highest BCUT2D eigenvalue weighted by molar-refractivity contribution is 6.01. The molecule has 4 rings (SSSR count). The number of hydrogen-bond acceptors (Lipinski definition) is 2. The Morgan fingerprint density at radius 3 is 2.85 bits per heavy atom. The van der Waals surface area contributed by atoms with Crippen molar-refractivity contribution in [2.45, 2.75) is 6.54 Å². The molecule has 0 spiro atoms. The van der Waals surface area contributed by atoms with E-state index >= 15 is 0 Å². The van der Waals surface area contributed by atoms with E-state index in [1.54, 1.807) is 4.90 Å². The van der Waals surface area contributed by atoms with Crippen molar-refractivity contribution in [2.24, 2.45) is 14.1 Å². The molecule has 128 valence electrons. The van der Waals surface area contributed by atoms with Crippen LogP contribution < -0.4 is 4.57 Å². The Bertz CT molecular complexity index is 1120. The van der Waals surface area contributed by atoms with Gasteiger partial charge in [0.05, 0.1) is 26.7 Å². The van der Waals surface area contributed by atoms with Crippen molar-refractivity contribution in [3.63, 3.8) is 0 Å². The van der Waals surface area contributed by atoms with E-state index < -0.39 is 0 Å². The zero-order chi connectivity index (χ0) is 18.4. The van der Waals surface area contributed by atoms with Gasteiger partial charge in [0, 0.05) is 17.7 Å². The van der Waals surface area contributed by atoms with E-state index in [0.29, 0.717) is 17.7 Å². The van der Waals surface area contributed by atoms with Gasteiger partial charge in [-0.25, -0.2) is 9.13 Å². The average molecular weight is 343 g/mol. The number of imidazole rings is 1. The van der Waals surface area contributed by atoms with Gasteiger partial charge >= 0.3 is 0 Å². The summed E-state index contributed by atoms with van der Waals surface area (Å²) in [7, 11) is 4.06. The van der Waals surface area contributed by atoms with Crippen LogP contribution in [0.1, 0.15) is 15.9 Å². The zero-order valence-corrected chi connectivity index (χ0v) is 14.9. The molecule has 0 bridgehead atoms. The second kappa shape index (κ2) is 5.85. The highest BCUT2D eigenvalue weighted by atomic mass is 16.2. The number of rotatable bonds is 3. The Morgan fingerprint density at radius 2 is 2.08 bits per heavy atom. The van der Waals surface area contributed by atoms with Crippen LogP contribution in [0.15, 0.2) is 54.9 Å². The van der Waals surface area contributed by atoms with E-state index in [-0.39, 0.29) is 12.5 Å². The molecule has 0 saturated carbocycles. The third-order valence-corrected chi connectivity index (χ3v) is 4.98. The normalized spacial score (nSPS) is 13.1. The van der Waals surface area contributed by atoms with E-state index in [1.165, 1.54) is 0 Å². The van der Waals surface area contributed by atoms with Crippen molar-refractivity contribution >= 4 is 16.9 Å². The van der Waals surface area contributed by atoms with Crippen molar-refractivity contribution in [1.29, 1.82) is 5.26 Å². The van der Waals surface area contributed by atoms with Gasteiger partial charge < -0.3 is 4.90 Å². The van der Waals surface area contributed by atoms with Crippen molar-refractivity contribution in [3.05, 3.63) is 66.0 Å². The second-order valence-corrected chi connectivity index (χ2v) is 6.75. The molecule has 1 aliphatic heterocycles. The van der Waals surface area contributed by atoms with E-state index in [4.69, 9.17) is 5.26 Å². The van der Waals surface area contributed by atoms with Crippen LogP contribution in [0.2, 0.25) is 0 Å². The predicted octanol–water partition coefficient (Wildman–Crippen LogP) is 2.71. The van der Waals surface area contributed by atoms with Crippen molar-refractivity contribution in [3.8, 4) is 17.2 Å². The standard InChI is InChI=1S/C21H19N4O/c1-14(10-22)11-25-12-18-16(5-4-6-17(18)21(25)26)15-7-8-19-20(9-15)24(3)13-23(19)2/h4-9,13H,1,11-12H2,2-3H3/q+1. The van der Waals surface area contributed by atoms with Gasteiger partial charge in [0.1, 0.15) is 0 Å². The first-order valence-corrected chi connectivity index (χ1v) is 8.43. The molecule has 0 aliphatic carbocycles. The first-order valence-electron chi connectivity index (χ1n) is 8.43. The quantitative estimate of drug-likeness (QED) is 0.542. The minimum atomic E-state index is -0.0374. The molecular formula is C21H19N4O+. The van der Waals surface area contributed by atoms with E-state index in [0.717, 1.165) is 27.7 Å². The SMILES string of the molecule is C=C(C#N)CN1Cc2c(cccc2-c2ccc3c(c2)n(C)c[n+]3C)C1=O. The number of fused-ring (bicyclic) bond motifs is 2. The number of hydrogen-bond donors (Lipinski definition) is 0. The molecule has 26 heavy (non-hydrogen) atoms.